The van der Waals surface area contributed by atoms with Gasteiger partial charge in [0.2, 0.25) is 0 Å². The molecule has 0 spiro atoms. The van der Waals surface area contributed by atoms with Gasteiger partial charge in [-0.15, -0.1) is 0 Å². The van der Waals surface area contributed by atoms with Crippen LogP contribution in [0.5, 0.6) is 0 Å². The Balaban J connectivity index is 0.000000252. The molecule has 3 aromatic rings. The number of rotatable bonds is 8. The SMILES string of the molecule is CCC(C)c1cc(C(=O)NC)nc(C(F)(F)F)c1.CNC(=O)c1cc(C(C)C)cc(C2CC2)n1.CNC(=O)c1cc(C(C)C)cc(Cl)n1. The fourth-order valence-corrected chi connectivity index (χ4v) is 4.51. The molecule has 1 unspecified atom stereocenters. The van der Waals surface area contributed by atoms with E-state index in [1.807, 2.05) is 33.8 Å². The van der Waals surface area contributed by atoms with Crippen LogP contribution in [0.3, 0.4) is 0 Å². The number of pyridine rings is 3. The van der Waals surface area contributed by atoms with Crippen LogP contribution >= 0.6 is 11.6 Å². The summed E-state index contributed by atoms with van der Waals surface area (Å²) in [6.45, 7) is 12.0. The second kappa shape index (κ2) is 17.9. The van der Waals surface area contributed by atoms with Gasteiger partial charge in [0.15, 0.2) is 0 Å². The summed E-state index contributed by atoms with van der Waals surface area (Å²) in [4.78, 5) is 46.1. The molecule has 1 atom stereocenters. The maximum Gasteiger partial charge on any atom is 0.433 e. The summed E-state index contributed by atoms with van der Waals surface area (Å²) in [5.41, 5.74) is 3.46. The number of hydrogen-bond acceptors (Lipinski definition) is 6. The van der Waals surface area contributed by atoms with E-state index in [4.69, 9.17) is 11.6 Å². The van der Waals surface area contributed by atoms with Crippen molar-refractivity contribution in [2.24, 2.45) is 0 Å². The minimum atomic E-state index is -4.55. The second-order valence-electron chi connectivity index (χ2n) is 12.1. The van der Waals surface area contributed by atoms with Crippen LogP contribution in [0.4, 0.5) is 13.2 Å². The van der Waals surface area contributed by atoms with Crippen molar-refractivity contribution in [2.45, 2.75) is 90.7 Å². The Morgan fingerprint density at radius 2 is 1.17 bits per heavy atom. The van der Waals surface area contributed by atoms with Gasteiger partial charge < -0.3 is 16.0 Å². The monoisotopic (exact) mass is 690 g/mol. The third kappa shape index (κ3) is 11.9. The Bertz CT molecular complexity index is 1560. The molecule has 3 aromatic heterocycles. The van der Waals surface area contributed by atoms with Crippen molar-refractivity contribution in [3.8, 4) is 0 Å². The van der Waals surface area contributed by atoms with Crippen molar-refractivity contribution >= 4 is 29.3 Å². The van der Waals surface area contributed by atoms with Gasteiger partial charge in [-0.05, 0) is 90.1 Å². The number of aromatic nitrogens is 3. The number of halogens is 4. The average molecular weight is 691 g/mol. The highest BCUT2D eigenvalue weighted by atomic mass is 35.5. The van der Waals surface area contributed by atoms with Gasteiger partial charge in [-0.25, -0.2) is 15.0 Å². The molecule has 0 saturated heterocycles. The van der Waals surface area contributed by atoms with E-state index < -0.39 is 17.8 Å². The Morgan fingerprint density at radius 1 is 0.729 bits per heavy atom. The second-order valence-corrected chi connectivity index (χ2v) is 12.5. The molecule has 3 amide bonds. The number of alkyl halides is 3. The van der Waals surface area contributed by atoms with Crippen LogP contribution in [0.1, 0.15) is 144 Å². The first-order valence-electron chi connectivity index (χ1n) is 15.9. The predicted molar refractivity (Wildman–Crippen MR) is 182 cm³/mol. The summed E-state index contributed by atoms with van der Waals surface area (Å²) in [6, 6.07) is 9.99. The van der Waals surface area contributed by atoms with E-state index in [0.29, 0.717) is 46.3 Å². The summed E-state index contributed by atoms with van der Waals surface area (Å²) in [5.74, 6) is 0.367. The van der Waals surface area contributed by atoms with Crippen LogP contribution in [0, 0.1) is 0 Å². The highest BCUT2D eigenvalue weighted by molar-refractivity contribution is 6.29. The molecule has 1 aliphatic rings. The molecular formula is C35H46ClF3N6O3. The van der Waals surface area contributed by atoms with Gasteiger partial charge in [-0.1, -0.05) is 53.1 Å². The first-order valence-corrected chi connectivity index (χ1v) is 16.3. The van der Waals surface area contributed by atoms with E-state index >= 15 is 0 Å². The zero-order valence-corrected chi connectivity index (χ0v) is 29.7. The molecule has 0 aliphatic heterocycles. The number of carbonyl (C=O) groups is 3. The molecule has 3 N–H and O–H groups in total. The Hall–Kier alpha value is -4.06. The van der Waals surface area contributed by atoms with Gasteiger partial charge in [0.05, 0.1) is 0 Å². The summed E-state index contributed by atoms with van der Waals surface area (Å²) >= 11 is 5.80. The number of amides is 3. The summed E-state index contributed by atoms with van der Waals surface area (Å²) in [7, 11) is 4.57. The van der Waals surface area contributed by atoms with Gasteiger partial charge in [0.25, 0.3) is 17.7 Å². The highest BCUT2D eigenvalue weighted by Gasteiger charge is 2.34. The summed E-state index contributed by atoms with van der Waals surface area (Å²) in [5, 5.41) is 7.78. The molecule has 48 heavy (non-hydrogen) atoms. The topological polar surface area (TPSA) is 126 Å². The van der Waals surface area contributed by atoms with Gasteiger partial charge in [0.1, 0.15) is 27.9 Å². The molecule has 13 heteroatoms. The smallest absolute Gasteiger partial charge is 0.354 e. The molecule has 0 bridgehead atoms. The molecule has 3 heterocycles. The first kappa shape index (κ1) is 40.1. The lowest BCUT2D eigenvalue weighted by Crippen LogP contribution is -2.22. The van der Waals surface area contributed by atoms with E-state index in [2.05, 4.69) is 50.8 Å². The van der Waals surface area contributed by atoms with E-state index in [1.54, 1.807) is 26.2 Å². The van der Waals surface area contributed by atoms with Crippen molar-refractivity contribution < 1.29 is 27.6 Å². The summed E-state index contributed by atoms with van der Waals surface area (Å²) in [6.07, 6.45) is -1.44. The lowest BCUT2D eigenvalue weighted by atomic mass is 9.97. The minimum absolute atomic E-state index is 0.0579. The van der Waals surface area contributed by atoms with E-state index in [1.165, 1.54) is 31.5 Å². The van der Waals surface area contributed by atoms with Crippen molar-refractivity contribution in [2.75, 3.05) is 21.1 Å². The van der Waals surface area contributed by atoms with Gasteiger partial charge in [-0.3, -0.25) is 14.4 Å². The maximum atomic E-state index is 12.7. The number of hydrogen-bond donors (Lipinski definition) is 3. The fourth-order valence-electron chi connectivity index (χ4n) is 4.30. The van der Waals surface area contributed by atoms with Crippen LogP contribution in [0.15, 0.2) is 36.4 Å². The normalized spacial score (nSPS) is 13.1. The van der Waals surface area contributed by atoms with Gasteiger partial charge >= 0.3 is 6.18 Å². The molecule has 1 aliphatic carbocycles. The number of carbonyl (C=O) groups excluding carboxylic acids is 3. The molecule has 0 aromatic carbocycles. The predicted octanol–water partition coefficient (Wildman–Crippen LogP) is 7.63. The standard InChI is InChI=1S/C13H18N2O.C12H15F3N2O.C10H13ClN2O/c1-8(2)10-6-11(9-4-5-9)15-12(7-10)13(16)14-3;1-4-7(2)8-5-9(11(18)16-3)17-10(6-8)12(13,14)15;1-6(2)7-4-8(10(14)12-3)13-9(11)5-7/h6-9H,4-5H2,1-3H3,(H,14,16);5-7H,4H2,1-3H3,(H,16,18);4-6H,1-3H3,(H,12,14). The lowest BCUT2D eigenvalue weighted by molar-refractivity contribution is -0.141. The first-order chi connectivity index (χ1) is 22.4. The molecule has 9 nitrogen and oxygen atoms in total. The Morgan fingerprint density at radius 3 is 1.58 bits per heavy atom. The van der Waals surface area contributed by atoms with Crippen molar-refractivity contribution in [1.29, 1.82) is 0 Å². The van der Waals surface area contributed by atoms with Crippen LogP contribution in [0.2, 0.25) is 5.15 Å². The van der Waals surface area contributed by atoms with Crippen molar-refractivity contribution in [3.63, 3.8) is 0 Å². The van der Waals surface area contributed by atoms with Crippen LogP contribution in [0.25, 0.3) is 0 Å². The van der Waals surface area contributed by atoms with Crippen molar-refractivity contribution in [1.82, 2.24) is 30.9 Å². The van der Waals surface area contributed by atoms with Crippen LogP contribution < -0.4 is 16.0 Å². The minimum Gasteiger partial charge on any atom is -0.354 e. The largest absolute Gasteiger partial charge is 0.433 e. The van der Waals surface area contributed by atoms with Gasteiger partial charge in [0, 0.05) is 32.8 Å². The molecule has 1 saturated carbocycles. The third-order valence-electron chi connectivity index (χ3n) is 7.71. The fraction of sp³-hybridized carbons (Fsp3) is 0.486. The van der Waals surface area contributed by atoms with E-state index in [0.717, 1.165) is 17.3 Å². The van der Waals surface area contributed by atoms with E-state index in [-0.39, 0.29) is 23.4 Å². The quantitative estimate of drug-likeness (QED) is 0.209. The number of nitrogens with zero attached hydrogens (tertiary/aromatic N) is 3. The zero-order valence-electron chi connectivity index (χ0n) is 29.0. The molecule has 4 rings (SSSR count). The Labute approximate surface area is 285 Å². The molecule has 0 radical (unpaired) electrons. The van der Waals surface area contributed by atoms with Crippen molar-refractivity contribution in [3.05, 3.63) is 86.7 Å². The molecular weight excluding hydrogens is 645 g/mol. The molecule has 1 fully saturated rings. The lowest BCUT2D eigenvalue weighted by Gasteiger charge is -2.14. The Kier molecular flexibility index (Phi) is 15.0. The van der Waals surface area contributed by atoms with E-state index in [9.17, 15) is 27.6 Å². The average Bonchev–Trinajstić information content (AvgIpc) is 3.92. The van der Waals surface area contributed by atoms with Crippen LogP contribution in [-0.4, -0.2) is 53.8 Å². The number of nitrogens with one attached hydrogen (secondary N) is 3. The third-order valence-corrected chi connectivity index (χ3v) is 7.91. The maximum absolute atomic E-state index is 12.7. The highest BCUT2D eigenvalue weighted by Crippen LogP contribution is 2.40. The zero-order chi connectivity index (χ0) is 36.3. The van der Waals surface area contributed by atoms with Gasteiger partial charge in [-0.2, -0.15) is 13.2 Å². The van der Waals surface area contributed by atoms with Crippen LogP contribution in [-0.2, 0) is 6.18 Å². The summed E-state index contributed by atoms with van der Waals surface area (Å²) < 4.78 is 38.1. The molecule has 262 valence electrons.